The van der Waals surface area contributed by atoms with Gasteiger partial charge in [0.1, 0.15) is 6.10 Å². The zero-order valence-corrected chi connectivity index (χ0v) is 11.7. The first kappa shape index (κ1) is 13.4. The molecule has 1 fully saturated rings. The van der Waals surface area contributed by atoms with Gasteiger partial charge in [0.05, 0.1) is 17.9 Å². The van der Waals surface area contributed by atoms with E-state index in [-0.39, 0.29) is 17.6 Å². The molecule has 20 heavy (non-hydrogen) atoms. The Morgan fingerprint density at radius 2 is 1.90 bits per heavy atom. The molecule has 0 amide bonds. The Morgan fingerprint density at radius 1 is 1.25 bits per heavy atom. The van der Waals surface area contributed by atoms with Crippen LogP contribution in [-0.2, 0) is 14.3 Å². The lowest BCUT2D eigenvalue weighted by Gasteiger charge is -2.26. The number of allylic oxidation sites excluding steroid dienone is 1. The molecule has 5 unspecified atom stereocenters. The van der Waals surface area contributed by atoms with Gasteiger partial charge in [-0.25, -0.2) is 0 Å². The highest BCUT2D eigenvalue weighted by molar-refractivity contribution is 6.11. The van der Waals surface area contributed by atoms with Crippen molar-refractivity contribution in [3.63, 3.8) is 0 Å². The zero-order valence-electron chi connectivity index (χ0n) is 11.7. The van der Waals surface area contributed by atoms with E-state index in [0.29, 0.717) is 17.6 Å². The highest BCUT2D eigenvalue weighted by atomic mass is 16.6. The van der Waals surface area contributed by atoms with E-state index in [1.165, 1.54) is 0 Å². The summed E-state index contributed by atoms with van der Waals surface area (Å²) >= 11 is 0. The van der Waals surface area contributed by atoms with E-state index >= 15 is 0 Å². The minimum absolute atomic E-state index is 0.241. The number of fused-ring (bicyclic) bond motifs is 3. The summed E-state index contributed by atoms with van der Waals surface area (Å²) in [6.07, 6.45) is -0.934. The maximum absolute atomic E-state index is 12.2. The summed E-state index contributed by atoms with van der Waals surface area (Å²) in [7, 11) is 0. The number of hydrogen-bond donors (Lipinski definition) is 2. The monoisotopic (exact) mass is 278 g/mol. The molecule has 5 nitrogen and oxygen atoms in total. The summed E-state index contributed by atoms with van der Waals surface area (Å²) < 4.78 is 5.43. The van der Waals surface area contributed by atoms with Crippen molar-refractivity contribution in [3.05, 3.63) is 22.5 Å². The highest BCUT2D eigenvalue weighted by Gasteiger charge is 2.55. The molecule has 0 saturated carbocycles. The van der Waals surface area contributed by atoms with Crippen LogP contribution in [-0.4, -0.2) is 34.2 Å². The van der Waals surface area contributed by atoms with E-state index < -0.39 is 29.8 Å². The average molecular weight is 278 g/mol. The summed E-state index contributed by atoms with van der Waals surface area (Å²) in [6.45, 7) is 5.22. The summed E-state index contributed by atoms with van der Waals surface area (Å²) in [6, 6.07) is 0. The van der Waals surface area contributed by atoms with Gasteiger partial charge in [-0.2, -0.15) is 0 Å². The van der Waals surface area contributed by atoms with Gasteiger partial charge in [0.15, 0.2) is 5.76 Å². The molecular weight excluding hydrogens is 260 g/mol. The van der Waals surface area contributed by atoms with E-state index in [0.717, 1.165) is 5.57 Å². The van der Waals surface area contributed by atoms with Crippen LogP contribution in [0.3, 0.4) is 0 Å². The molecule has 0 aromatic heterocycles. The predicted molar refractivity (Wildman–Crippen MR) is 69.7 cm³/mol. The van der Waals surface area contributed by atoms with E-state index in [1.54, 1.807) is 20.8 Å². The minimum atomic E-state index is -0.706. The van der Waals surface area contributed by atoms with Crippen LogP contribution in [0, 0.1) is 17.8 Å². The molecule has 3 aliphatic rings. The fraction of sp³-hybridized carbons (Fsp3) is 0.600. The Morgan fingerprint density at radius 3 is 2.55 bits per heavy atom. The molecule has 1 heterocycles. The van der Waals surface area contributed by atoms with Crippen molar-refractivity contribution in [1.29, 1.82) is 0 Å². The fourth-order valence-corrected chi connectivity index (χ4v) is 3.85. The number of ketones is 1. The van der Waals surface area contributed by atoms with Crippen molar-refractivity contribution >= 4 is 11.8 Å². The molecule has 108 valence electrons. The number of esters is 1. The smallest absolute Gasteiger partial charge is 0.309 e. The molecule has 0 aromatic rings. The van der Waals surface area contributed by atoms with Crippen LogP contribution in [0.1, 0.15) is 27.2 Å². The van der Waals surface area contributed by atoms with Crippen molar-refractivity contribution in [2.45, 2.75) is 39.4 Å². The molecule has 1 aliphatic heterocycles. The largest absolute Gasteiger partial charge is 0.504 e. The lowest BCUT2D eigenvalue weighted by Crippen LogP contribution is -2.35. The van der Waals surface area contributed by atoms with Crippen molar-refractivity contribution in [2.75, 3.05) is 0 Å². The topological polar surface area (TPSA) is 83.8 Å². The Bertz CT molecular complexity index is 571. The van der Waals surface area contributed by atoms with Crippen LogP contribution < -0.4 is 0 Å². The van der Waals surface area contributed by atoms with Crippen LogP contribution in [0.15, 0.2) is 22.5 Å². The lowest BCUT2D eigenvalue weighted by atomic mass is 9.80. The van der Waals surface area contributed by atoms with E-state index in [9.17, 15) is 19.8 Å². The van der Waals surface area contributed by atoms with Gasteiger partial charge in [-0.05, 0) is 25.8 Å². The highest BCUT2D eigenvalue weighted by Crippen LogP contribution is 2.48. The SMILES string of the molecule is CC1=C2C(=O)C(O)=C(C)C2C2OC(=O)C(C)C2C(O)C1. The molecule has 2 aliphatic carbocycles. The lowest BCUT2D eigenvalue weighted by molar-refractivity contribution is -0.144. The predicted octanol–water partition coefficient (Wildman–Crippen LogP) is 1.28. The number of aliphatic hydroxyl groups is 2. The van der Waals surface area contributed by atoms with E-state index in [2.05, 4.69) is 0 Å². The van der Waals surface area contributed by atoms with Gasteiger partial charge in [-0.3, -0.25) is 9.59 Å². The van der Waals surface area contributed by atoms with Gasteiger partial charge in [-0.15, -0.1) is 0 Å². The van der Waals surface area contributed by atoms with Crippen molar-refractivity contribution in [3.8, 4) is 0 Å². The summed E-state index contributed by atoms with van der Waals surface area (Å²) in [5.41, 5.74) is 1.80. The van der Waals surface area contributed by atoms with Crippen LogP contribution in [0.5, 0.6) is 0 Å². The molecule has 0 spiro atoms. The molecular formula is C15H18O5. The summed E-state index contributed by atoms with van der Waals surface area (Å²) in [4.78, 5) is 24.0. The number of Topliss-reactive ketones (excluding diaryl/α,β-unsaturated/α-hetero) is 1. The third kappa shape index (κ3) is 1.53. The summed E-state index contributed by atoms with van der Waals surface area (Å²) in [5.74, 6) is -2.13. The normalized spacial score (nSPS) is 40.7. The van der Waals surface area contributed by atoms with Crippen molar-refractivity contribution in [2.24, 2.45) is 17.8 Å². The first-order valence-electron chi connectivity index (χ1n) is 6.87. The molecule has 0 bridgehead atoms. The third-order valence-corrected chi connectivity index (χ3v) is 4.94. The third-order valence-electron chi connectivity index (χ3n) is 4.94. The minimum Gasteiger partial charge on any atom is -0.504 e. The standard InChI is InChI=1S/C15H18O5/c1-5-4-8(16)10-7(3)15(19)20-14(10)11-6(2)12(17)13(18)9(5)11/h7-8,10-11,14,16-17H,4H2,1-3H3. The quantitative estimate of drug-likeness (QED) is 0.652. The van der Waals surface area contributed by atoms with Crippen molar-refractivity contribution < 1.29 is 24.5 Å². The van der Waals surface area contributed by atoms with Gasteiger partial charge >= 0.3 is 5.97 Å². The number of carbonyl (C=O) groups is 2. The first-order valence-corrected chi connectivity index (χ1v) is 6.87. The van der Waals surface area contributed by atoms with Crippen LogP contribution in [0.4, 0.5) is 0 Å². The number of ether oxygens (including phenoxy) is 1. The fourth-order valence-electron chi connectivity index (χ4n) is 3.85. The maximum Gasteiger partial charge on any atom is 0.309 e. The first-order chi connectivity index (χ1) is 9.34. The second kappa shape index (κ2) is 4.19. The van der Waals surface area contributed by atoms with Crippen LogP contribution in [0.2, 0.25) is 0 Å². The van der Waals surface area contributed by atoms with E-state index in [1.807, 2.05) is 0 Å². The van der Waals surface area contributed by atoms with Gasteiger partial charge in [0, 0.05) is 11.5 Å². The van der Waals surface area contributed by atoms with Gasteiger partial charge in [0.2, 0.25) is 5.78 Å². The Hall–Kier alpha value is -1.62. The number of rotatable bonds is 0. The Labute approximate surface area is 116 Å². The number of aliphatic hydroxyl groups excluding tert-OH is 2. The second-order valence-corrected chi connectivity index (χ2v) is 6.07. The zero-order chi connectivity index (χ0) is 14.8. The molecule has 1 saturated heterocycles. The van der Waals surface area contributed by atoms with Crippen LogP contribution in [0.25, 0.3) is 0 Å². The molecule has 0 radical (unpaired) electrons. The van der Waals surface area contributed by atoms with Gasteiger partial charge in [0.25, 0.3) is 0 Å². The Kier molecular flexibility index (Phi) is 2.80. The van der Waals surface area contributed by atoms with Crippen LogP contribution >= 0.6 is 0 Å². The van der Waals surface area contributed by atoms with E-state index in [4.69, 9.17) is 4.74 Å². The average Bonchev–Trinajstić information content (AvgIpc) is 2.74. The molecule has 3 rings (SSSR count). The maximum atomic E-state index is 12.2. The number of hydrogen-bond acceptors (Lipinski definition) is 5. The molecule has 2 N–H and O–H groups in total. The Balaban J connectivity index is 2.15. The molecule has 5 atom stereocenters. The molecule has 5 heteroatoms. The molecule has 0 aromatic carbocycles. The second-order valence-electron chi connectivity index (χ2n) is 6.07. The van der Waals surface area contributed by atoms with Gasteiger partial charge in [-0.1, -0.05) is 12.5 Å². The summed E-state index contributed by atoms with van der Waals surface area (Å²) in [5, 5.41) is 20.3. The van der Waals surface area contributed by atoms with Crippen molar-refractivity contribution in [1.82, 2.24) is 0 Å². The van der Waals surface area contributed by atoms with Gasteiger partial charge < -0.3 is 14.9 Å². The number of carbonyl (C=O) groups excluding carboxylic acids is 2.